The number of aliphatic imine (C=N–C) groups is 1. The van der Waals surface area contributed by atoms with Crippen LogP contribution in [-0.2, 0) is 6.54 Å². The Hall–Kier alpha value is -2.53. The Morgan fingerprint density at radius 1 is 1.14 bits per heavy atom. The predicted octanol–water partition coefficient (Wildman–Crippen LogP) is 4.10. The van der Waals surface area contributed by atoms with Crippen LogP contribution in [0, 0.1) is 0 Å². The van der Waals surface area contributed by atoms with Crippen molar-refractivity contribution in [3.8, 4) is 22.9 Å². The van der Waals surface area contributed by atoms with Gasteiger partial charge in [0, 0.05) is 28.8 Å². The monoisotopic (exact) mass is 527 g/mol. The molecule has 0 aliphatic carbocycles. The van der Waals surface area contributed by atoms with E-state index < -0.39 is 0 Å². The summed E-state index contributed by atoms with van der Waals surface area (Å²) >= 11 is 5.99. The molecule has 0 amide bonds. The molecule has 0 spiro atoms. The lowest BCUT2D eigenvalue weighted by Crippen LogP contribution is -2.22. The highest BCUT2D eigenvalue weighted by Gasteiger charge is 2.11. The van der Waals surface area contributed by atoms with Gasteiger partial charge in [-0.3, -0.25) is 0 Å². The molecule has 0 saturated heterocycles. The Kier molecular flexibility index (Phi) is 7.15. The summed E-state index contributed by atoms with van der Waals surface area (Å²) in [4.78, 5) is 8.54. The number of aromatic nitrogens is 2. The van der Waals surface area contributed by atoms with Gasteiger partial charge in [0.15, 0.2) is 17.5 Å². The van der Waals surface area contributed by atoms with Crippen LogP contribution in [0.1, 0.15) is 12.3 Å². The number of hydrogen-bond donors (Lipinski definition) is 2. The molecule has 0 fully saturated rings. The Morgan fingerprint density at radius 2 is 1.97 bits per heavy atom. The minimum atomic E-state index is 0. The van der Waals surface area contributed by atoms with Crippen molar-refractivity contribution in [2.75, 3.05) is 18.5 Å². The number of nitrogens with one attached hydrogen (secondary N) is 1. The zero-order valence-corrected chi connectivity index (χ0v) is 18.4. The number of halogens is 2. The van der Waals surface area contributed by atoms with Gasteiger partial charge in [0.2, 0.25) is 11.7 Å². The number of nitrogens with two attached hydrogens (primary N) is 1. The van der Waals surface area contributed by atoms with Gasteiger partial charge in [-0.15, -0.1) is 24.0 Å². The minimum absolute atomic E-state index is 0. The van der Waals surface area contributed by atoms with Crippen molar-refractivity contribution < 1.29 is 14.0 Å². The lowest BCUT2D eigenvalue weighted by Gasteiger charge is -2.10. The number of fused-ring (bicyclic) bond motifs is 1. The maximum Gasteiger partial charge on any atom is 0.248 e. The summed E-state index contributed by atoms with van der Waals surface area (Å²) in [6.07, 6.45) is 0.850. The fraction of sp³-hybridized carbons (Fsp3) is 0.211. The molecular formula is C19H19ClIN5O3. The minimum Gasteiger partial charge on any atom is -0.490 e. The first kappa shape index (κ1) is 21.2. The van der Waals surface area contributed by atoms with Crippen LogP contribution in [0.25, 0.3) is 11.4 Å². The lowest BCUT2D eigenvalue weighted by atomic mass is 10.2. The number of ether oxygens (including phenoxy) is 2. The molecule has 4 rings (SSSR count). The molecule has 0 saturated carbocycles. The third kappa shape index (κ3) is 5.51. The first-order valence-corrected chi connectivity index (χ1v) is 9.10. The fourth-order valence-corrected chi connectivity index (χ4v) is 2.84. The van der Waals surface area contributed by atoms with E-state index in [4.69, 9.17) is 31.3 Å². The van der Waals surface area contributed by atoms with Gasteiger partial charge in [0.1, 0.15) is 6.54 Å². The van der Waals surface area contributed by atoms with E-state index in [1.165, 1.54) is 0 Å². The normalized spacial score (nSPS) is 13.3. The van der Waals surface area contributed by atoms with E-state index in [1.807, 2.05) is 30.3 Å². The van der Waals surface area contributed by atoms with Gasteiger partial charge in [-0.05, 0) is 24.3 Å². The number of nitrogens with zero attached hydrogens (tertiary/aromatic N) is 3. The van der Waals surface area contributed by atoms with E-state index in [-0.39, 0.29) is 36.5 Å². The summed E-state index contributed by atoms with van der Waals surface area (Å²) in [5.41, 5.74) is 7.47. The third-order valence-electron chi connectivity index (χ3n) is 3.96. The topological polar surface area (TPSA) is 108 Å². The molecule has 1 aromatic heterocycles. The summed E-state index contributed by atoms with van der Waals surface area (Å²) in [6.45, 7) is 1.41. The van der Waals surface area contributed by atoms with Crippen molar-refractivity contribution in [2.45, 2.75) is 13.0 Å². The Bertz CT molecular complexity index is 1010. The van der Waals surface area contributed by atoms with Crippen LogP contribution in [0.4, 0.5) is 5.69 Å². The third-order valence-corrected chi connectivity index (χ3v) is 4.19. The second-order valence-corrected chi connectivity index (χ2v) is 6.50. The molecular weight excluding hydrogens is 509 g/mol. The van der Waals surface area contributed by atoms with Crippen molar-refractivity contribution in [1.29, 1.82) is 0 Å². The summed E-state index contributed by atoms with van der Waals surface area (Å²) < 4.78 is 16.5. The van der Waals surface area contributed by atoms with Crippen LogP contribution < -0.4 is 20.5 Å². The zero-order chi connectivity index (χ0) is 19.3. The molecule has 3 aromatic rings. The smallest absolute Gasteiger partial charge is 0.248 e. The van der Waals surface area contributed by atoms with E-state index in [2.05, 4.69) is 20.4 Å². The fourth-order valence-electron chi connectivity index (χ4n) is 2.65. The highest BCUT2D eigenvalue weighted by atomic mass is 127. The van der Waals surface area contributed by atoms with Crippen molar-refractivity contribution in [1.82, 2.24) is 10.1 Å². The van der Waals surface area contributed by atoms with Crippen LogP contribution >= 0.6 is 35.6 Å². The molecule has 0 unspecified atom stereocenters. The molecule has 10 heteroatoms. The Labute approximate surface area is 189 Å². The van der Waals surface area contributed by atoms with Crippen LogP contribution in [0.2, 0.25) is 5.02 Å². The molecule has 0 bridgehead atoms. The van der Waals surface area contributed by atoms with Crippen molar-refractivity contribution >= 4 is 47.2 Å². The molecule has 1 aliphatic heterocycles. The maximum atomic E-state index is 5.99. The number of rotatable bonds is 4. The molecule has 0 radical (unpaired) electrons. The van der Waals surface area contributed by atoms with Gasteiger partial charge in [-0.2, -0.15) is 4.98 Å². The van der Waals surface area contributed by atoms with Crippen molar-refractivity contribution in [3.63, 3.8) is 0 Å². The van der Waals surface area contributed by atoms with Crippen LogP contribution in [-0.4, -0.2) is 29.3 Å². The number of guanidine groups is 1. The lowest BCUT2D eigenvalue weighted by molar-refractivity contribution is 0.297. The van der Waals surface area contributed by atoms with E-state index >= 15 is 0 Å². The summed E-state index contributed by atoms with van der Waals surface area (Å²) in [5.74, 6) is 2.41. The first-order chi connectivity index (χ1) is 13.7. The average molecular weight is 528 g/mol. The van der Waals surface area contributed by atoms with Gasteiger partial charge < -0.3 is 25.0 Å². The van der Waals surface area contributed by atoms with Crippen LogP contribution in [0.5, 0.6) is 11.5 Å². The Morgan fingerprint density at radius 3 is 2.79 bits per heavy atom. The largest absolute Gasteiger partial charge is 0.490 e. The number of benzene rings is 2. The molecule has 2 aromatic carbocycles. The molecule has 0 atom stereocenters. The van der Waals surface area contributed by atoms with Gasteiger partial charge in [0.05, 0.1) is 13.2 Å². The molecule has 3 N–H and O–H groups in total. The second kappa shape index (κ2) is 9.79. The molecule has 8 nitrogen and oxygen atoms in total. The van der Waals surface area contributed by atoms with Gasteiger partial charge in [0.25, 0.3) is 0 Å². The van der Waals surface area contributed by atoms with E-state index in [9.17, 15) is 0 Å². The predicted molar refractivity (Wildman–Crippen MR) is 121 cm³/mol. The van der Waals surface area contributed by atoms with Gasteiger partial charge >= 0.3 is 0 Å². The summed E-state index contributed by atoms with van der Waals surface area (Å²) in [6, 6.07) is 12.7. The highest BCUT2D eigenvalue weighted by molar-refractivity contribution is 14.0. The van der Waals surface area contributed by atoms with E-state index in [0.717, 1.165) is 23.4 Å². The zero-order valence-electron chi connectivity index (χ0n) is 15.3. The van der Waals surface area contributed by atoms with E-state index in [0.29, 0.717) is 35.7 Å². The SMILES string of the molecule is I.NC(=NCc1nc(-c2cccc(Cl)c2)no1)Nc1ccc2c(c1)OCCCO2. The van der Waals surface area contributed by atoms with E-state index in [1.54, 1.807) is 12.1 Å². The first-order valence-electron chi connectivity index (χ1n) is 8.72. The molecule has 152 valence electrons. The average Bonchev–Trinajstić information content (AvgIpc) is 3.05. The second-order valence-electron chi connectivity index (χ2n) is 6.06. The molecule has 2 heterocycles. The maximum absolute atomic E-state index is 5.99. The van der Waals surface area contributed by atoms with Crippen molar-refractivity contribution in [3.05, 3.63) is 53.4 Å². The van der Waals surface area contributed by atoms with Crippen molar-refractivity contribution in [2.24, 2.45) is 10.7 Å². The Balaban J connectivity index is 0.00000240. The standard InChI is InChI=1S/C19H18ClN5O3.HI/c20-13-4-1-3-12(9-13)18-24-17(28-25-18)11-22-19(21)23-14-5-6-15-16(10-14)27-8-2-7-26-15;/h1,3-6,9-10H,2,7-8,11H2,(H3,21,22,23);1H. The number of anilines is 1. The summed E-state index contributed by atoms with van der Waals surface area (Å²) in [7, 11) is 0. The summed E-state index contributed by atoms with van der Waals surface area (Å²) in [5, 5.41) is 7.56. The van der Waals surface area contributed by atoms with Gasteiger partial charge in [-0.25, -0.2) is 4.99 Å². The quantitative estimate of drug-likeness (QED) is 0.299. The molecule has 1 aliphatic rings. The highest BCUT2D eigenvalue weighted by Crippen LogP contribution is 2.32. The van der Waals surface area contributed by atoms with Gasteiger partial charge in [-0.1, -0.05) is 28.9 Å². The van der Waals surface area contributed by atoms with Crippen LogP contribution in [0.3, 0.4) is 0 Å². The number of hydrogen-bond acceptors (Lipinski definition) is 6. The molecule has 29 heavy (non-hydrogen) atoms. The van der Waals surface area contributed by atoms with Crippen LogP contribution in [0.15, 0.2) is 52.0 Å².